The second kappa shape index (κ2) is 10.3. The molecule has 3 atom stereocenters. The van der Waals surface area contributed by atoms with E-state index in [1.165, 1.54) is 28.0 Å². The Morgan fingerprint density at radius 1 is 1.00 bits per heavy atom. The minimum absolute atomic E-state index is 0.330. The zero-order chi connectivity index (χ0) is 29.1. The van der Waals surface area contributed by atoms with Crippen LogP contribution in [0.4, 0.5) is 24.5 Å². The first kappa shape index (κ1) is 27.5. The minimum Gasteiger partial charge on any atom is -0.325 e. The molecule has 1 fully saturated rings. The van der Waals surface area contributed by atoms with E-state index in [2.05, 4.69) is 5.32 Å². The summed E-state index contributed by atoms with van der Waals surface area (Å²) in [6.45, 7) is 1.55. The predicted octanol–water partition coefficient (Wildman–Crippen LogP) is 5.73. The Morgan fingerprint density at radius 2 is 1.78 bits per heavy atom. The molecule has 7 nitrogen and oxygen atoms in total. The minimum atomic E-state index is -4.78. The Labute approximate surface area is 243 Å². The van der Waals surface area contributed by atoms with Gasteiger partial charge in [0.2, 0.25) is 17.7 Å². The maximum Gasteiger partial charge on any atom is 0.418 e. The molecule has 2 aromatic carbocycles. The fourth-order valence-electron chi connectivity index (χ4n) is 5.24. The highest BCUT2D eigenvalue weighted by Gasteiger charge is 2.58. The molecule has 0 spiro atoms. The molecule has 4 heterocycles. The van der Waals surface area contributed by atoms with Crippen LogP contribution in [0.15, 0.2) is 75.9 Å². The van der Waals surface area contributed by atoms with Crippen molar-refractivity contribution in [1.82, 2.24) is 4.57 Å². The van der Waals surface area contributed by atoms with Crippen LogP contribution in [0.3, 0.4) is 0 Å². The summed E-state index contributed by atoms with van der Waals surface area (Å²) < 4.78 is 42.9. The number of aromatic nitrogens is 1. The molecule has 4 aromatic rings. The van der Waals surface area contributed by atoms with Crippen LogP contribution < -0.4 is 15.1 Å². The molecular formula is C28H20F3N3O4S3. The van der Waals surface area contributed by atoms with Gasteiger partial charge in [-0.2, -0.15) is 13.2 Å². The molecule has 41 heavy (non-hydrogen) atoms. The summed E-state index contributed by atoms with van der Waals surface area (Å²) in [5.74, 6) is -3.74. The summed E-state index contributed by atoms with van der Waals surface area (Å²) in [6.07, 6.45) is -4.78. The Kier molecular flexibility index (Phi) is 6.91. The number of imide groups is 1. The van der Waals surface area contributed by atoms with Gasteiger partial charge in [-0.05, 0) is 48.2 Å². The third kappa shape index (κ3) is 4.81. The van der Waals surface area contributed by atoms with E-state index in [9.17, 15) is 32.3 Å². The molecule has 2 aliphatic heterocycles. The van der Waals surface area contributed by atoms with E-state index in [-0.39, 0.29) is 6.54 Å². The zero-order valence-corrected chi connectivity index (χ0v) is 23.6. The number of thioether (sulfide) groups is 1. The molecule has 3 amide bonds. The second-order valence-corrected chi connectivity index (χ2v) is 12.7. The molecule has 13 heteroatoms. The lowest BCUT2D eigenvalue weighted by atomic mass is 9.87. The van der Waals surface area contributed by atoms with Gasteiger partial charge in [0, 0.05) is 21.4 Å². The van der Waals surface area contributed by atoms with E-state index in [4.69, 9.17) is 0 Å². The molecule has 2 aliphatic rings. The maximum absolute atomic E-state index is 13.9. The Hall–Kier alpha value is -3.68. The molecule has 0 saturated carbocycles. The van der Waals surface area contributed by atoms with Gasteiger partial charge < -0.3 is 5.32 Å². The van der Waals surface area contributed by atoms with E-state index in [1.54, 1.807) is 35.7 Å². The van der Waals surface area contributed by atoms with E-state index >= 15 is 0 Å². The largest absolute Gasteiger partial charge is 0.418 e. The zero-order valence-electron chi connectivity index (χ0n) is 21.2. The lowest BCUT2D eigenvalue weighted by Crippen LogP contribution is -2.33. The highest BCUT2D eigenvalue weighted by Crippen LogP contribution is 2.55. The molecule has 0 radical (unpaired) electrons. The lowest BCUT2D eigenvalue weighted by Gasteiger charge is -2.29. The summed E-state index contributed by atoms with van der Waals surface area (Å²) in [4.78, 5) is 55.1. The highest BCUT2D eigenvalue weighted by molar-refractivity contribution is 8.00. The van der Waals surface area contributed by atoms with E-state index in [1.807, 2.05) is 13.0 Å². The number of hydrogen-bond donors (Lipinski definition) is 1. The number of nitrogens with one attached hydrogen (secondary N) is 1. The van der Waals surface area contributed by atoms with Crippen LogP contribution in [-0.2, 0) is 27.1 Å². The van der Waals surface area contributed by atoms with Gasteiger partial charge in [-0.1, -0.05) is 53.4 Å². The van der Waals surface area contributed by atoms with Crippen LogP contribution in [0, 0.1) is 12.8 Å². The van der Waals surface area contributed by atoms with Crippen molar-refractivity contribution < 1.29 is 27.6 Å². The van der Waals surface area contributed by atoms with E-state index in [0.717, 1.165) is 40.8 Å². The highest BCUT2D eigenvalue weighted by atomic mass is 32.2. The van der Waals surface area contributed by atoms with Gasteiger partial charge in [-0.25, -0.2) is 4.90 Å². The van der Waals surface area contributed by atoms with Gasteiger partial charge >= 0.3 is 11.0 Å². The number of thiazole rings is 1. The Bertz CT molecular complexity index is 1750. The molecular weight excluding hydrogens is 596 g/mol. The van der Waals surface area contributed by atoms with Crippen LogP contribution in [-0.4, -0.2) is 27.5 Å². The van der Waals surface area contributed by atoms with Crippen molar-refractivity contribution >= 4 is 63.5 Å². The molecule has 3 unspecified atom stereocenters. The van der Waals surface area contributed by atoms with Gasteiger partial charge in [0.1, 0.15) is 11.8 Å². The number of rotatable bonds is 5. The summed E-state index contributed by atoms with van der Waals surface area (Å²) in [5, 5.41) is 3.84. The number of amides is 3. The Morgan fingerprint density at radius 3 is 2.49 bits per heavy atom. The molecule has 0 aliphatic carbocycles. The first-order valence-electron chi connectivity index (χ1n) is 12.4. The summed E-state index contributed by atoms with van der Waals surface area (Å²) >= 11 is 3.16. The fraction of sp³-hybridized carbons (Fsp3) is 0.214. The van der Waals surface area contributed by atoms with Gasteiger partial charge in [-0.15, -0.1) is 11.3 Å². The number of anilines is 2. The van der Waals surface area contributed by atoms with Crippen molar-refractivity contribution in [3.63, 3.8) is 0 Å². The number of carbonyl (C=O) groups excluding carboxylic acids is 3. The van der Waals surface area contributed by atoms with E-state index in [0.29, 0.717) is 25.4 Å². The second-order valence-electron chi connectivity index (χ2n) is 9.63. The summed E-state index contributed by atoms with van der Waals surface area (Å²) in [5.41, 5.74) is -0.105. The quantitative estimate of drug-likeness (QED) is 0.290. The van der Waals surface area contributed by atoms with Crippen molar-refractivity contribution in [2.24, 2.45) is 5.92 Å². The van der Waals surface area contributed by atoms with Crippen molar-refractivity contribution in [2.45, 2.75) is 35.8 Å². The van der Waals surface area contributed by atoms with Gasteiger partial charge in [-0.3, -0.25) is 23.7 Å². The average molecular weight is 616 g/mol. The van der Waals surface area contributed by atoms with Crippen LogP contribution >= 0.6 is 34.4 Å². The number of nitrogens with zero attached hydrogens (tertiary/aromatic N) is 2. The number of benzene rings is 2. The topological polar surface area (TPSA) is 88.5 Å². The third-order valence-corrected chi connectivity index (χ3v) is 10.5. The standard InChI is InChI=1S/C28H20F3N3O4S3/c1-14-6-4-7-15(12-14)32-19(35)13-33-26-23(41-27(33)38)20(18-10-5-11-39-18)21-22(40-26)25(37)34(24(21)36)17-9-3-2-8-16(17)28(29,30)31/h2-12,20-22H,13H2,1H3,(H,32,35). The molecule has 1 N–H and O–H groups in total. The van der Waals surface area contributed by atoms with Gasteiger partial charge in [0.15, 0.2) is 0 Å². The predicted molar refractivity (Wildman–Crippen MR) is 152 cm³/mol. The van der Waals surface area contributed by atoms with Crippen LogP contribution in [0.1, 0.15) is 26.8 Å². The molecule has 210 valence electrons. The fourth-order valence-corrected chi connectivity index (χ4v) is 8.96. The smallest absolute Gasteiger partial charge is 0.325 e. The number of alkyl halides is 3. The van der Waals surface area contributed by atoms with Crippen LogP contribution in [0.25, 0.3) is 0 Å². The number of thiophene rings is 1. The number of hydrogen-bond acceptors (Lipinski definition) is 7. The summed E-state index contributed by atoms with van der Waals surface area (Å²) in [6, 6.07) is 15.2. The van der Waals surface area contributed by atoms with Crippen molar-refractivity contribution in [3.05, 3.63) is 96.6 Å². The van der Waals surface area contributed by atoms with Crippen LogP contribution in [0.5, 0.6) is 0 Å². The monoisotopic (exact) mass is 615 g/mol. The number of carbonyl (C=O) groups is 3. The number of aryl methyl sites for hydroxylation is 1. The van der Waals surface area contributed by atoms with Crippen molar-refractivity contribution in [3.8, 4) is 0 Å². The van der Waals surface area contributed by atoms with Crippen molar-refractivity contribution in [1.29, 1.82) is 0 Å². The number of halogens is 3. The molecule has 6 rings (SSSR count). The molecule has 1 saturated heterocycles. The van der Waals surface area contributed by atoms with E-state index < -0.39 is 57.1 Å². The molecule has 0 bridgehead atoms. The average Bonchev–Trinajstić information content (AvgIpc) is 3.61. The number of fused-ring (bicyclic) bond motifs is 2. The van der Waals surface area contributed by atoms with Gasteiger partial charge in [0.05, 0.1) is 22.2 Å². The number of para-hydroxylation sites is 1. The van der Waals surface area contributed by atoms with Gasteiger partial charge in [0.25, 0.3) is 0 Å². The summed E-state index contributed by atoms with van der Waals surface area (Å²) in [7, 11) is 0. The van der Waals surface area contributed by atoms with Crippen LogP contribution in [0.2, 0.25) is 0 Å². The maximum atomic E-state index is 13.9. The first-order valence-corrected chi connectivity index (χ1v) is 15.0. The normalized spacial score (nSPS) is 20.2. The Balaban J connectivity index is 1.40. The first-order chi connectivity index (χ1) is 19.5. The molecule has 2 aromatic heterocycles. The SMILES string of the molecule is Cc1cccc(NC(=O)Cn2c3c(sc2=O)C(c2cccs2)C2C(=O)N(c4ccccc4C(F)(F)F)C(=O)C2S3)c1. The third-order valence-electron chi connectivity index (χ3n) is 6.95. The van der Waals surface area contributed by atoms with Crippen molar-refractivity contribution in [2.75, 3.05) is 10.2 Å². The lowest BCUT2D eigenvalue weighted by molar-refractivity contribution is -0.137.